The second-order valence-corrected chi connectivity index (χ2v) is 6.74. The summed E-state index contributed by atoms with van der Waals surface area (Å²) in [6.07, 6.45) is 2.36. The van der Waals surface area contributed by atoms with E-state index in [1.54, 1.807) is 6.07 Å². The van der Waals surface area contributed by atoms with Crippen molar-refractivity contribution in [3.63, 3.8) is 0 Å². The molecule has 2 N–H and O–H groups in total. The first-order valence-corrected chi connectivity index (χ1v) is 8.69. The molecule has 1 aromatic carbocycles. The molecular weight excluding hydrogens is 342 g/mol. The molecule has 3 aromatic rings. The summed E-state index contributed by atoms with van der Waals surface area (Å²) in [5, 5.41) is 3.71. The Bertz CT molecular complexity index is 957. The zero-order valence-corrected chi connectivity index (χ0v) is 13.5. The van der Waals surface area contributed by atoms with Gasteiger partial charge in [-0.1, -0.05) is 23.7 Å². The van der Waals surface area contributed by atoms with Crippen molar-refractivity contribution in [1.29, 1.82) is 0 Å². The molecule has 2 heterocycles. The summed E-state index contributed by atoms with van der Waals surface area (Å²) < 4.78 is 27.2. The van der Waals surface area contributed by atoms with Crippen molar-refractivity contribution < 1.29 is 12.6 Å². The van der Waals surface area contributed by atoms with Gasteiger partial charge in [-0.25, -0.2) is 4.98 Å². The van der Waals surface area contributed by atoms with E-state index in [2.05, 4.69) is 25.3 Å². The number of rotatable bonds is 5. The monoisotopic (exact) mass is 353 g/mol. The fraction of sp³-hybridized carbons (Fsp3) is 0.154. The van der Waals surface area contributed by atoms with Gasteiger partial charge in [-0.15, -0.1) is 0 Å². The largest absolute Gasteiger partial charge is 0.364 e. The summed E-state index contributed by atoms with van der Waals surface area (Å²) in [6.45, 7) is 0.435. The minimum Gasteiger partial charge on any atom is -0.364 e. The molecule has 2 aromatic heterocycles. The van der Waals surface area contributed by atoms with E-state index in [-0.39, 0.29) is 6.01 Å². The maximum Gasteiger partial charge on any atom is 0.337 e. The third-order valence-electron chi connectivity index (χ3n) is 2.84. The molecule has 23 heavy (non-hydrogen) atoms. The van der Waals surface area contributed by atoms with E-state index in [0.717, 1.165) is 11.8 Å². The van der Waals surface area contributed by atoms with Gasteiger partial charge >= 0.3 is 16.1 Å². The molecule has 0 unspecified atom stereocenters. The predicted molar refractivity (Wildman–Crippen MR) is 85.9 cm³/mol. The van der Waals surface area contributed by atoms with Gasteiger partial charge in [0, 0.05) is 11.6 Å². The van der Waals surface area contributed by atoms with E-state index in [0.29, 0.717) is 28.5 Å². The molecule has 0 amide bonds. The summed E-state index contributed by atoms with van der Waals surface area (Å²) in [7, 11) is -3.73. The molecule has 8 nitrogen and oxygen atoms in total. The molecule has 0 aliphatic carbocycles. The van der Waals surface area contributed by atoms with Gasteiger partial charge in [-0.05, 0) is 17.7 Å². The van der Waals surface area contributed by atoms with Crippen LogP contribution in [0.5, 0.6) is 6.01 Å². The Morgan fingerprint density at radius 2 is 2.17 bits per heavy atom. The van der Waals surface area contributed by atoms with E-state index in [1.165, 1.54) is 6.33 Å². The minimum absolute atomic E-state index is 0.291. The van der Waals surface area contributed by atoms with Crippen molar-refractivity contribution in [1.82, 2.24) is 19.9 Å². The van der Waals surface area contributed by atoms with E-state index >= 15 is 0 Å². The lowest BCUT2D eigenvalue weighted by Gasteiger charge is -2.08. The standard InChI is InChI=1S/C13H12ClN5O3S/c1-23(20,21)22-13-18-11(10-12(19-13)17-7-16-10)15-6-8-3-2-4-9(14)5-8/h2-5,7H,6H2,1H3,(H2,15,16,17,18,19). The third kappa shape index (κ3) is 3.88. The predicted octanol–water partition coefficient (Wildman–Crippen LogP) is 1.96. The van der Waals surface area contributed by atoms with E-state index in [4.69, 9.17) is 15.8 Å². The van der Waals surface area contributed by atoms with E-state index in [9.17, 15) is 8.42 Å². The highest BCUT2D eigenvalue weighted by Gasteiger charge is 2.14. The lowest BCUT2D eigenvalue weighted by Crippen LogP contribution is -2.10. The van der Waals surface area contributed by atoms with Crippen molar-refractivity contribution in [3.05, 3.63) is 41.2 Å². The second-order valence-electron chi connectivity index (χ2n) is 4.73. The molecule has 0 radical (unpaired) electrons. The number of fused-ring (bicyclic) bond motifs is 1. The first kappa shape index (κ1) is 15.5. The molecule has 10 heteroatoms. The number of imidazole rings is 1. The number of aromatic amines is 1. The molecule has 0 saturated carbocycles. The Morgan fingerprint density at radius 1 is 1.35 bits per heavy atom. The second kappa shape index (κ2) is 6.01. The van der Waals surface area contributed by atoms with Crippen molar-refractivity contribution in [3.8, 4) is 6.01 Å². The van der Waals surface area contributed by atoms with Crippen LogP contribution in [-0.2, 0) is 16.7 Å². The molecule has 0 bridgehead atoms. The van der Waals surface area contributed by atoms with Crippen LogP contribution in [0.15, 0.2) is 30.6 Å². The normalized spacial score (nSPS) is 11.6. The first-order chi connectivity index (χ1) is 10.9. The lowest BCUT2D eigenvalue weighted by atomic mass is 10.2. The Kier molecular flexibility index (Phi) is 4.05. The fourth-order valence-corrected chi connectivity index (χ4v) is 2.50. The summed E-state index contributed by atoms with van der Waals surface area (Å²) in [6, 6.07) is 7.04. The zero-order chi connectivity index (χ0) is 16.4. The van der Waals surface area contributed by atoms with E-state index in [1.807, 2.05) is 18.2 Å². The smallest absolute Gasteiger partial charge is 0.337 e. The summed E-state index contributed by atoms with van der Waals surface area (Å²) in [5.41, 5.74) is 1.79. The Balaban J connectivity index is 1.91. The van der Waals surface area contributed by atoms with Gasteiger partial charge < -0.3 is 14.5 Å². The number of anilines is 1. The maximum absolute atomic E-state index is 11.2. The number of nitrogens with one attached hydrogen (secondary N) is 2. The number of halogens is 1. The van der Waals surface area contributed by atoms with Gasteiger partial charge in [-0.3, -0.25) is 0 Å². The third-order valence-corrected chi connectivity index (χ3v) is 3.53. The van der Waals surface area contributed by atoms with Gasteiger partial charge in [0.25, 0.3) is 0 Å². The van der Waals surface area contributed by atoms with Gasteiger partial charge in [0.1, 0.15) is 5.52 Å². The van der Waals surface area contributed by atoms with Crippen LogP contribution in [-0.4, -0.2) is 34.6 Å². The zero-order valence-electron chi connectivity index (χ0n) is 11.9. The van der Waals surface area contributed by atoms with Crippen molar-refractivity contribution in [2.24, 2.45) is 0 Å². The van der Waals surface area contributed by atoms with Crippen LogP contribution in [0.25, 0.3) is 11.2 Å². The highest BCUT2D eigenvalue weighted by Crippen LogP contribution is 2.21. The SMILES string of the molecule is CS(=O)(=O)Oc1nc(NCc2cccc(Cl)c2)c2[nH]cnc2n1. The molecule has 0 aliphatic heterocycles. The lowest BCUT2D eigenvalue weighted by molar-refractivity contribution is 0.472. The quantitative estimate of drug-likeness (QED) is 0.674. The van der Waals surface area contributed by atoms with Crippen molar-refractivity contribution in [2.45, 2.75) is 6.54 Å². The van der Waals surface area contributed by atoms with Gasteiger partial charge in [0.15, 0.2) is 11.5 Å². The van der Waals surface area contributed by atoms with Crippen molar-refractivity contribution in [2.75, 3.05) is 11.6 Å². The van der Waals surface area contributed by atoms with Crippen LogP contribution in [0.2, 0.25) is 5.02 Å². The minimum atomic E-state index is -3.73. The van der Waals surface area contributed by atoms with Crippen LogP contribution in [0.4, 0.5) is 5.82 Å². The highest BCUT2D eigenvalue weighted by molar-refractivity contribution is 7.86. The molecule has 3 rings (SSSR count). The highest BCUT2D eigenvalue weighted by atomic mass is 35.5. The fourth-order valence-electron chi connectivity index (χ4n) is 1.95. The number of nitrogens with zero attached hydrogens (tertiary/aromatic N) is 3. The first-order valence-electron chi connectivity index (χ1n) is 6.49. The van der Waals surface area contributed by atoms with Crippen LogP contribution in [0, 0.1) is 0 Å². The molecule has 0 atom stereocenters. The van der Waals surface area contributed by atoms with Gasteiger partial charge in [0.05, 0.1) is 12.6 Å². The molecule has 0 spiro atoms. The molecule has 0 aliphatic rings. The van der Waals surface area contributed by atoms with Gasteiger partial charge in [-0.2, -0.15) is 18.4 Å². The van der Waals surface area contributed by atoms with Crippen LogP contribution >= 0.6 is 11.6 Å². The molecule has 0 saturated heterocycles. The topological polar surface area (TPSA) is 110 Å². The number of H-pyrrole nitrogens is 1. The van der Waals surface area contributed by atoms with Crippen LogP contribution in [0.1, 0.15) is 5.56 Å². The Hall–Kier alpha value is -2.39. The summed E-state index contributed by atoms with van der Waals surface area (Å²) >= 11 is 5.95. The average Bonchev–Trinajstić information content (AvgIpc) is 2.91. The summed E-state index contributed by atoms with van der Waals surface area (Å²) in [4.78, 5) is 14.9. The number of benzene rings is 1. The number of aromatic nitrogens is 4. The van der Waals surface area contributed by atoms with Crippen LogP contribution < -0.4 is 9.50 Å². The van der Waals surface area contributed by atoms with Crippen LogP contribution in [0.3, 0.4) is 0 Å². The van der Waals surface area contributed by atoms with Crippen molar-refractivity contribution >= 4 is 38.7 Å². The summed E-state index contributed by atoms with van der Waals surface area (Å²) in [5.74, 6) is 0.381. The number of hydrogen-bond donors (Lipinski definition) is 2. The Morgan fingerprint density at radius 3 is 2.91 bits per heavy atom. The maximum atomic E-state index is 11.2. The number of hydrogen-bond acceptors (Lipinski definition) is 7. The van der Waals surface area contributed by atoms with Gasteiger partial charge in [0.2, 0.25) is 0 Å². The molecule has 0 fully saturated rings. The van der Waals surface area contributed by atoms with E-state index < -0.39 is 10.1 Å². The Labute approximate surface area is 137 Å². The molecule has 120 valence electrons. The average molecular weight is 354 g/mol. The molecular formula is C13H12ClN5O3S.